The summed E-state index contributed by atoms with van der Waals surface area (Å²) >= 11 is 0. The molecule has 2 rings (SSSR count). The molecule has 2 nitrogen and oxygen atoms in total. The molecular formula is C8H5O2. The minimum absolute atomic E-state index is 0.0116. The molecule has 1 radical (unpaired) electrons. The summed E-state index contributed by atoms with van der Waals surface area (Å²) < 4.78 is 5.00. The minimum atomic E-state index is -0.0116. The van der Waals surface area contributed by atoms with E-state index in [1.807, 2.05) is 6.07 Å². The van der Waals surface area contributed by atoms with Gasteiger partial charge in [-0.25, -0.2) is 0 Å². The summed E-state index contributed by atoms with van der Waals surface area (Å²) in [5, 5.41) is 11.7. The molecule has 0 saturated carbocycles. The van der Waals surface area contributed by atoms with Crippen molar-refractivity contribution < 1.29 is 9.52 Å². The van der Waals surface area contributed by atoms with E-state index in [1.165, 1.54) is 12.1 Å². The highest BCUT2D eigenvalue weighted by Gasteiger charge is 1.96. The van der Waals surface area contributed by atoms with Crippen LogP contribution < -0.4 is 0 Å². The van der Waals surface area contributed by atoms with E-state index in [2.05, 4.69) is 0 Å². The normalized spacial score (nSPS) is 10.4. The van der Waals surface area contributed by atoms with Crippen molar-refractivity contribution in [2.24, 2.45) is 0 Å². The Morgan fingerprint density at radius 2 is 2.10 bits per heavy atom. The average Bonchev–Trinajstić information content (AvgIpc) is 2.33. The van der Waals surface area contributed by atoms with Gasteiger partial charge in [-0.15, -0.1) is 0 Å². The zero-order valence-electron chi connectivity index (χ0n) is 5.20. The van der Waals surface area contributed by atoms with Crippen LogP contribution in [0.15, 0.2) is 34.9 Å². The van der Waals surface area contributed by atoms with Crippen molar-refractivity contribution in [1.29, 1.82) is 0 Å². The molecule has 0 bridgehead atoms. The SMILES string of the molecule is [O]c1ccc2ccoc2c1. The first-order chi connectivity index (χ1) is 4.86. The van der Waals surface area contributed by atoms with E-state index in [1.54, 1.807) is 12.3 Å². The summed E-state index contributed by atoms with van der Waals surface area (Å²) in [7, 11) is 0. The van der Waals surface area contributed by atoms with Crippen molar-refractivity contribution >= 4 is 11.0 Å². The summed E-state index contributed by atoms with van der Waals surface area (Å²) in [5.74, 6) is -0.0116. The molecule has 49 valence electrons. The third-order valence-corrected chi connectivity index (χ3v) is 1.43. The Morgan fingerprint density at radius 3 is 3.00 bits per heavy atom. The van der Waals surface area contributed by atoms with Crippen molar-refractivity contribution in [3.05, 3.63) is 30.5 Å². The summed E-state index contributed by atoms with van der Waals surface area (Å²) in [4.78, 5) is 0. The fourth-order valence-corrected chi connectivity index (χ4v) is 0.935. The van der Waals surface area contributed by atoms with Crippen molar-refractivity contribution in [2.45, 2.75) is 0 Å². The molecule has 1 aromatic carbocycles. The minimum Gasteiger partial charge on any atom is -0.464 e. The zero-order chi connectivity index (χ0) is 6.97. The van der Waals surface area contributed by atoms with Crippen LogP contribution in [0.4, 0.5) is 0 Å². The lowest BCUT2D eigenvalue weighted by Gasteiger charge is -1.85. The second-order valence-corrected chi connectivity index (χ2v) is 2.12. The van der Waals surface area contributed by atoms with Gasteiger partial charge in [0.25, 0.3) is 0 Å². The summed E-state index contributed by atoms with van der Waals surface area (Å²) in [6.07, 6.45) is 1.57. The third kappa shape index (κ3) is 0.658. The highest BCUT2D eigenvalue weighted by Crippen LogP contribution is 2.20. The second-order valence-electron chi connectivity index (χ2n) is 2.12. The molecule has 2 aromatic rings. The number of benzene rings is 1. The molecular weight excluding hydrogens is 128 g/mol. The fraction of sp³-hybridized carbons (Fsp3) is 0. The number of hydrogen-bond donors (Lipinski definition) is 0. The fourth-order valence-electron chi connectivity index (χ4n) is 0.935. The van der Waals surface area contributed by atoms with Crippen molar-refractivity contribution in [3.63, 3.8) is 0 Å². The van der Waals surface area contributed by atoms with Crippen LogP contribution in [0.5, 0.6) is 5.75 Å². The van der Waals surface area contributed by atoms with E-state index < -0.39 is 0 Å². The van der Waals surface area contributed by atoms with Crippen LogP contribution in [-0.2, 0) is 5.11 Å². The van der Waals surface area contributed by atoms with Crippen molar-refractivity contribution in [1.82, 2.24) is 0 Å². The van der Waals surface area contributed by atoms with Gasteiger partial charge in [0.15, 0.2) is 5.75 Å². The maximum atomic E-state index is 10.7. The predicted molar refractivity (Wildman–Crippen MR) is 36.3 cm³/mol. The van der Waals surface area contributed by atoms with Gasteiger partial charge in [-0.05, 0) is 18.2 Å². The largest absolute Gasteiger partial charge is 0.464 e. The lowest BCUT2D eigenvalue weighted by Crippen LogP contribution is -1.61. The molecule has 10 heavy (non-hydrogen) atoms. The molecule has 1 heterocycles. The molecule has 0 unspecified atom stereocenters. The first kappa shape index (κ1) is 5.35. The van der Waals surface area contributed by atoms with E-state index in [9.17, 15) is 5.11 Å². The average molecular weight is 133 g/mol. The Labute approximate surface area is 57.7 Å². The van der Waals surface area contributed by atoms with Crippen molar-refractivity contribution in [3.8, 4) is 5.75 Å². The molecule has 0 aliphatic heterocycles. The number of rotatable bonds is 0. The van der Waals surface area contributed by atoms with Gasteiger partial charge in [0, 0.05) is 11.5 Å². The number of hydrogen-bond acceptors (Lipinski definition) is 1. The molecule has 0 aliphatic rings. The van der Waals surface area contributed by atoms with Crippen LogP contribution in [-0.4, -0.2) is 0 Å². The molecule has 0 saturated heterocycles. The molecule has 0 spiro atoms. The number of furan rings is 1. The van der Waals surface area contributed by atoms with Crippen LogP contribution in [0.25, 0.3) is 11.0 Å². The summed E-state index contributed by atoms with van der Waals surface area (Å²) in [6, 6.07) is 6.59. The molecule has 0 atom stereocenters. The highest BCUT2D eigenvalue weighted by molar-refractivity contribution is 5.78. The van der Waals surface area contributed by atoms with Crippen LogP contribution in [0.1, 0.15) is 0 Å². The van der Waals surface area contributed by atoms with Gasteiger partial charge in [0.2, 0.25) is 0 Å². The van der Waals surface area contributed by atoms with Gasteiger partial charge < -0.3 is 4.42 Å². The topological polar surface area (TPSA) is 33.0 Å². The van der Waals surface area contributed by atoms with E-state index in [0.717, 1.165) is 5.39 Å². The summed E-state index contributed by atoms with van der Waals surface area (Å²) in [5.41, 5.74) is 0.660. The van der Waals surface area contributed by atoms with E-state index in [-0.39, 0.29) is 5.75 Å². The third-order valence-electron chi connectivity index (χ3n) is 1.43. The smallest absolute Gasteiger partial charge is 0.182 e. The van der Waals surface area contributed by atoms with Gasteiger partial charge >= 0.3 is 0 Å². The first-order valence-electron chi connectivity index (χ1n) is 3.00. The maximum absolute atomic E-state index is 10.7. The monoisotopic (exact) mass is 133 g/mol. The number of fused-ring (bicyclic) bond motifs is 1. The highest BCUT2D eigenvalue weighted by atomic mass is 16.3. The Hall–Kier alpha value is -1.44. The van der Waals surface area contributed by atoms with E-state index in [4.69, 9.17) is 4.42 Å². The van der Waals surface area contributed by atoms with Gasteiger partial charge in [-0.2, -0.15) is 0 Å². The quantitative estimate of drug-likeness (QED) is 0.543. The summed E-state index contributed by atoms with van der Waals surface area (Å²) in [6.45, 7) is 0. The molecule has 0 aliphatic carbocycles. The van der Waals surface area contributed by atoms with E-state index >= 15 is 0 Å². The molecule has 0 fully saturated rings. The van der Waals surface area contributed by atoms with E-state index in [0.29, 0.717) is 5.58 Å². The standard InChI is InChI=1S/C8H5O2/c9-7-2-1-6-3-4-10-8(6)5-7/h1-5H. The van der Waals surface area contributed by atoms with Crippen molar-refractivity contribution in [2.75, 3.05) is 0 Å². The second kappa shape index (κ2) is 1.77. The molecule has 0 N–H and O–H groups in total. The first-order valence-corrected chi connectivity index (χ1v) is 3.00. The Morgan fingerprint density at radius 1 is 1.20 bits per heavy atom. The van der Waals surface area contributed by atoms with Crippen LogP contribution >= 0.6 is 0 Å². The van der Waals surface area contributed by atoms with Crippen LogP contribution in [0.3, 0.4) is 0 Å². The van der Waals surface area contributed by atoms with Crippen LogP contribution in [0.2, 0.25) is 0 Å². The lowest BCUT2D eigenvalue weighted by atomic mass is 10.2. The molecule has 2 heteroatoms. The maximum Gasteiger partial charge on any atom is 0.182 e. The molecule has 1 aromatic heterocycles. The van der Waals surface area contributed by atoms with Gasteiger partial charge in [0.05, 0.1) is 6.26 Å². The van der Waals surface area contributed by atoms with Gasteiger partial charge in [0.1, 0.15) is 5.58 Å². The Bertz CT molecular complexity index is 349. The van der Waals surface area contributed by atoms with Gasteiger partial charge in [-0.3, -0.25) is 5.11 Å². The zero-order valence-corrected chi connectivity index (χ0v) is 5.20. The lowest BCUT2D eigenvalue weighted by molar-refractivity contribution is 0.355. The Balaban J connectivity index is 2.86. The van der Waals surface area contributed by atoms with Gasteiger partial charge in [-0.1, -0.05) is 0 Å². The predicted octanol–water partition coefficient (Wildman–Crippen LogP) is 2.58. The Kier molecular flexibility index (Phi) is 0.947. The van der Waals surface area contributed by atoms with Crippen LogP contribution in [0, 0.1) is 0 Å². The molecule has 0 amide bonds.